The first-order valence-corrected chi connectivity index (χ1v) is 8.97. The summed E-state index contributed by atoms with van der Waals surface area (Å²) in [6.07, 6.45) is 5.22. The summed E-state index contributed by atoms with van der Waals surface area (Å²) in [4.78, 5) is 23.4. The van der Waals surface area contributed by atoms with E-state index in [1.807, 2.05) is 0 Å². The zero-order chi connectivity index (χ0) is 18.9. The summed E-state index contributed by atoms with van der Waals surface area (Å²) in [5, 5.41) is 7.42. The number of ether oxygens (including phenoxy) is 2. The molecule has 0 amide bonds. The first-order chi connectivity index (χ1) is 12.4. The van der Waals surface area contributed by atoms with Crippen molar-refractivity contribution in [3.63, 3.8) is 0 Å². The molecule has 1 saturated heterocycles. The lowest BCUT2D eigenvalue weighted by atomic mass is 9.94. The van der Waals surface area contributed by atoms with Crippen molar-refractivity contribution < 1.29 is 23.8 Å². The molecule has 2 fully saturated rings. The number of nitrogens with zero attached hydrogens (tertiary/aromatic N) is 1. The maximum atomic E-state index is 12.2. The van der Waals surface area contributed by atoms with Gasteiger partial charge >= 0.3 is 0 Å². The third-order valence-corrected chi connectivity index (χ3v) is 4.35. The quantitative estimate of drug-likeness (QED) is 0.815. The molecule has 146 valence electrons. The SMILES string of the molecule is CC(=O)O.NC1CCC(Oc2coc(CN3CCOCC3)cc2=O)CC1. The van der Waals surface area contributed by atoms with Gasteiger partial charge in [-0.15, -0.1) is 0 Å². The Hall–Kier alpha value is -1.90. The number of carboxylic acids is 1. The molecule has 1 aliphatic heterocycles. The van der Waals surface area contributed by atoms with Gasteiger partial charge in [0.15, 0.2) is 0 Å². The molecule has 0 aromatic carbocycles. The maximum Gasteiger partial charge on any atom is 0.300 e. The molecule has 3 rings (SSSR count). The fourth-order valence-electron chi connectivity index (χ4n) is 2.97. The van der Waals surface area contributed by atoms with Crippen molar-refractivity contribution >= 4 is 5.97 Å². The van der Waals surface area contributed by atoms with Gasteiger partial charge in [0.05, 0.1) is 25.9 Å². The van der Waals surface area contributed by atoms with Crippen LogP contribution in [0.15, 0.2) is 21.5 Å². The van der Waals surface area contributed by atoms with Crippen LogP contribution in [0.4, 0.5) is 0 Å². The summed E-state index contributed by atoms with van der Waals surface area (Å²) in [6.45, 7) is 4.91. The van der Waals surface area contributed by atoms with E-state index < -0.39 is 5.97 Å². The summed E-state index contributed by atoms with van der Waals surface area (Å²) >= 11 is 0. The first-order valence-electron chi connectivity index (χ1n) is 8.97. The van der Waals surface area contributed by atoms with Crippen molar-refractivity contribution in [1.29, 1.82) is 0 Å². The third kappa shape index (κ3) is 7.15. The van der Waals surface area contributed by atoms with Crippen molar-refractivity contribution in [2.45, 2.75) is 51.3 Å². The van der Waals surface area contributed by atoms with E-state index in [1.54, 1.807) is 6.07 Å². The van der Waals surface area contributed by atoms with Crippen molar-refractivity contribution in [1.82, 2.24) is 4.90 Å². The molecular formula is C18H28N2O6. The average Bonchev–Trinajstić information content (AvgIpc) is 2.60. The van der Waals surface area contributed by atoms with Crippen LogP contribution in [0.1, 0.15) is 38.4 Å². The van der Waals surface area contributed by atoms with E-state index in [9.17, 15) is 4.79 Å². The molecule has 26 heavy (non-hydrogen) atoms. The summed E-state index contributed by atoms with van der Waals surface area (Å²) in [5.74, 6) is 0.149. The number of carboxylic acid groups (broad SMARTS) is 1. The number of carbonyl (C=O) groups is 1. The molecule has 8 heteroatoms. The Kier molecular flexibility index (Phi) is 8.08. The van der Waals surface area contributed by atoms with Crippen LogP contribution in [0.3, 0.4) is 0 Å². The van der Waals surface area contributed by atoms with Crippen molar-refractivity contribution in [2.24, 2.45) is 5.73 Å². The smallest absolute Gasteiger partial charge is 0.300 e. The number of hydrogen-bond acceptors (Lipinski definition) is 7. The van der Waals surface area contributed by atoms with E-state index in [2.05, 4.69) is 4.90 Å². The van der Waals surface area contributed by atoms with Gasteiger partial charge in [0.25, 0.3) is 5.97 Å². The molecule has 1 aliphatic carbocycles. The largest absolute Gasteiger partial charge is 0.483 e. The molecule has 1 saturated carbocycles. The Balaban J connectivity index is 0.000000552. The Morgan fingerprint density at radius 2 is 1.92 bits per heavy atom. The summed E-state index contributed by atoms with van der Waals surface area (Å²) in [7, 11) is 0. The fraction of sp³-hybridized carbons (Fsp3) is 0.667. The normalized spacial score (nSPS) is 23.6. The minimum atomic E-state index is -0.833. The first kappa shape index (κ1) is 20.4. The number of morpholine rings is 1. The van der Waals surface area contributed by atoms with Crippen molar-refractivity contribution in [3.8, 4) is 5.75 Å². The number of rotatable bonds is 4. The third-order valence-electron chi connectivity index (χ3n) is 4.35. The number of nitrogens with two attached hydrogens (primary N) is 1. The zero-order valence-electron chi connectivity index (χ0n) is 15.2. The van der Waals surface area contributed by atoms with Crippen LogP contribution in [0.25, 0.3) is 0 Å². The topological polar surface area (TPSA) is 115 Å². The van der Waals surface area contributed by atoms with Crippen LogP contribution >= 0.6 is 0 Å². The highest BCUT2D eigenvalue weighted by Crippen LogP contribution is 2.21. The summed E-state index contributed by atoms with van der Waals surface area (Å²) in [6, 6.07) is 1.81. The minimum Gasteiger partial charge on any atom is -0.483 e. The van der Waals surface area contributed by atoms with Crippen LogP contribution in [0.5, 0.6) is 5.75 Å². The monoisotopic (exact) mass is 368 g/mol. The molecule has 0 spiro atoms. The molecule has 0 unspecified atom stereocenters. The van der Waals surface area contributed by atoms with Crippen molar-refractivity contribution in [2.75, 3.05) is 26.3 Å². The average molecular weight is 368 g/mol. The van der Waals surface area contributed by atoms with Gasteiger partial charge in [-0.3, -0.25) is 14.5 Å². The predicted octanol–water partition coefficient (Wildman–Crippen LogP) is 1.21. The van der Waals surface area contributed by atoms with Gasteiger partial charge in [-0.05, 0) is 25.7 Å². The molecule has 0 radical (unpaired) electrons. The molecule has 3 N–H and O–H groups in total. The maximum absolute atomic E-state index is 12.2. The molecule has 0 atom stereocenters. The zero-order valence-corrected chi connectivity index (χ0v) is 15.2. The van der Waals surface area contributed by atoms with E-state index in [0.717, 1.165) is 58.9 Å². The predicted molar refractivity (Wildman–Crippen MR) is 95.2 cm³/mol. The van der Waals surface area contributed by atoms with Gasteiger partial charge in [0.1, 0.15) is 12.0 Å². The Labute approximate surface area is 152 Å². The van der Waals surface area contributed by atoms with Gasteiger partial charge in [0, 0.05) is 32.1 Å². The highest BCUT2D eigenvalue weighted by Gasteiger charge is 2.21. The summed E-state index contributed by atoms with van der Waals surface area (Å²) < 4.78 is 16.7. The standard InChI is InChI=1S/C16H24N2O4.C2H4O2/c17-12-1-3-13(4-2-12)22-16-11-21-14(9-15(16)19)10-18-5-7-20-8-6-18;1-2(3)4/h9,11-13H,1-8,10,17H2;1H3,(H,3,4). The second-order valence-corrected chi connectivity index (χ2v) is 6.64. The molecular weight excluding hydrogens is 340 g/mol. The second kappa shape index (κ2) is 10.3. The lowest BCUT2D eigenvalue weighted by Gasteiger charge is -2.27. The van der Waals surface area contributed by atoms with E-state index in [0.29, 0.717) is 18.1 Å². The molecule has 0 bridgehead atoms. The van der Waals surface area contributed by atoms with Crippen LogP contribution in [-0.4, -0.2) is 54.4 Å². The molecule has 1 aromatic heterocycles. The number of aliphatic carboxylic acids is 1. The molecule has 2 heterocycles. The van der Waals surface area contributed by atoms with Crippen LogP contribution in [-0.2, 0) is 16.1 Å². The fourth-order valence-corrected chi connectivity index (χ4v) is 2.97. The summed E-state index contributed by atoms with van der Waals surface area (Å²) in [5.41, 5.74) is 5.77. The Bertz CT molecular complexity index is 614. The highest BCUT2D eigenvalue weighted by molar-refractivity contribution is 5.62. The number of hydrogen-bond donors (Lipinski definition) is 2. The van der Waals surface area contributed by atoms with Crippen molar-refractivity contribution in [3.05, 3.63) is 28.3 Å². The van der Waals surface area contributed by atoms with Crippen LogP contribution < -0.4 is 15.9 Å². The van der Waals surface area contributed by atoms with Crippen LogP contribution in [0.2, 0.25) is 0 Å². The van der Waals surface area contributed by atoms with Gasteiger partial charge in [0.2, 0.25) is 11.2 Å². The lowest BCUT2D eigenvalue weighted by molar-refractivity contribution is -0.134. The van der Waals surface area contributed by atoms with Gasteiger partial charge < -0.3 is 24.7 Å². The van der Waals surface area contributed by atoms with Crippen LogP contribution in [0, 0.1) is 0 Å². The van der Waals surface area contributed by atoms with Gasteiger partial charge in [-0.25, -0.2) is 0 Å². The second-order valence-electron chi connectivity index (χ2n) is 6.64. The highest BCUT2D eigenvalue weighted by atomic mass is 16.5. The molecule has 8 nitrogen and oxygen atoms in total. The lowest BCUT2D eigenvalue weighted by Crippen LogP contribution is -2.35. The minimum absolute atomic E-state index is 0.0767. The van der Waals surface area contributed by atoms with E-state index in [-0.39, 0.29) is 17.6 Å². The Morgan fingerprint density at radius 1 is 1.31 bits per heavy atom. The van der Waals surface area contributed by atoms with E-state index >= 15 is 0 Å². The van der Waals surface area contributed by atoms with Gasteiger partial charge in [-0.2, -0.15) is 0 Å². The van der Waals surface area contributed by atoms with E-state index in [4.69, 9.17) is 29.5 Å². The molecule has 1 aromatic rings. The Morgan fingerprint density at radius 3 is 2.50 bits per heavy atom. The van der Waals surface area contributed by atoms with E-state index in [1.165, 1.54) is 6.26 Å². The molecule has 2 aliphatic rings. The van der Waals surface area contributed by atoms with Gasteiger partial charge in [-0.1, -0.05) is 0 Å².